The van der Waals surface area contributed by atoms with Crippen molar-refractivity contribution in [3.8, 4) is 0 Å². The van der Waals surface area contributed by atoms with Gasteiger partial charge in [-0.3, -0.25) is 0 Å². The Bertz CT molecular complexity index is 336. The first kappa shape index (κ1) is 16.9. The lowest BCUT2D eigenvalue weighted by atomic mass is 9.91. The van der Waals surface area contributed by atoms with Crippen molar-refractivity contribution in [2.24, 2.45) is 5.92 Å². The van der Waals surface area contributed by atoms with Gasteiger partial charge in [0.15, 0.2) is 6.10 Å². The first-order chi connectivity index (χ1) is 9.00. The molecule has 4 nitrogen and oxygen atoms in total. The highest BCUT2D eigenvalue weighted by Crippen LogP contribution is 2.31. The van der Waals surface area contributed by atoms with E-state index in [0.717, 1.165) is 4.90 Å². The van der Waals surface area contributed by atoms with Crippen molar-refractivity contribution in [1.29, 1.82) is 0 Å². The summed E-state index contributed by atoms with van der Waals surface area (Å²) in [6, 6.07) is -0.970. The number of rotatable bonds is 2. The highest BCUT2D eigenvalue weighted by atomic mass is 19.4. The van der Waals surface area contributed by atoms with Gasteiger partial charge in [-0.2, -0.15) is 26.3 Å². The van der Waals surface area contributed by atoms with E-state index in [-0.39, 0.29) is 25.9 Å². The quantitative estimate of drug-likeness (QED) is 0.766. The predicted molar refractivity (Wildman–Crippen MR) is 55.8 cm³/mol. The average Bonchev–Trinajstić information content (AvgIpc) is 2.33. The van der Waals surface area contributed by atoms with E-state index < -0.39 is 37.0 Å². The SMILES string of the molecule is O=C(NCC(F)(F)F)N1CCC(C(O)C(F)(F)F)CC1. The van der Waals surface area contributed by atoms with Crippen molar-refractivity contribution in [2.45, 2.75) is 31.3 Å². The second-order valence-corrected chi connectivity index (χ2v) is 4.58. The third kappa shape index (κ3) is 5.06. The number of urea groups is 1. The molecular weight excluding hydrogens is 294 g/mol. The van der Waals surface area contributed by atoms with Gasteiger partial charge in [-0.05, 0) is 18.8 Å². The van der Waals surface area contributed by atoms with Crippen LogP contribution in [-0.2, 0) is 0 Å². The van der Waals surface area contributed by atoms with E-state index in [9.17, 15) is 31.1 Å². The van der Waals surface area contributed by atoms with Crippen molar-refractivity contribution in [3.63, 3.8) is 0 Å². The highest BCUT2D eigenvalue weighted by Gasteiger charge is 2.44. The first-order valence-electron chi connectivity index (χ1n) is 5.85. The van der Waals surface area contributed by atoms with E-state index in [2.05, 4.69) is 0 Å². The third-order valence-electron chi connectivity index (χ3n) is 3.05. The van der Waals surface area contributed by atoms with Gasteiger partial charge in [0.25, 0.3) is 0 Å². The highest BCUT2D eigenvalue weighted by molar-refractivity contribution is 5.74. The van der Waals surface area contributed by atoms with Gasteiger partial charge >= 0.3 is 18.4 Å². The van der Waals surface area contributed by atoms with E-state index in [1.165, 1.54) is 0 Å². The monoisotopic (exact) mass is 308 g/mol. The summed E-state index contributed by atoms with van der Waals surface area (Å²) in [6.07, 6.45) is -12.0. The minimum absolute atomic E-state index is 0.111. The zero-order valence-electron chi connectivity index (χ0n) is 10.3. The smallest absolute Gasteiger partial charge is 0.383 e. The van der Waals surface area contributed by atoms with Crippen LogP contribution in [0.1, 0.15) is 12.8 Å². The van der Waals surface area contributed by atoms with Crippen LogP contribution in [0.3, 0.4) is 0 Å². The molecule has 0 aromatic heterocycles. The topological polar surface area (TPSA) is 52.6 Å². The van der Waals surface area contributed by atoms with Crippen molar-refractivity contribution in [2.75, 3.05) is 19.6 Å². The number of hydrogen-bond donors (Lipinski definition) is 2. The maximum absolute atomic E-state index is 12.3. The number of nitrogens with one attached hydrogen (secondary N) is 1. The molecule has 1 atom stereocenters. The summed E-state index contributed by atoms with van der Waals surface area (Å²) >= 11 is 0. The molecule has 0 radical (unpaired) electrons. The maximum atomic E-state index is 12.3. The lowest BCUT2D eigenvalue weighted by Crippen LogP contribution is -2.49. The second-order valence-electron chi connectivity index (χ2n) is 4.58. The Morgan fingerprint density at radius 3 is 2.10 bits per heavy atom. The van der Waals surface area contributed by atoms with Crippen LogP contribution in [0.4, 0.5) is 31.1 Å². The zero-order valence-corrected chi connectivity index (χ0v) is 10.3. The molecule has 1 heterocycles. The minimum Gasteiger partial charge on any atom is -0.383 e. The van der Waals surface area contributed by atoms with Crippen LogP contribution in [0.2, 0.25) is 0 Å². The Hall–Kier alpha value is -1.19. The summed E-state index contributed by atoms with van der Waals surface area (Å²) in [6.45, 7) is -1.74. The molecule has 0 aromatic rings. The Labute approximate surface area is 110 Å². The molecule has 0 spiro atoms. The maximum Gasteiger partial charge on any atom is 0.414 e. The molecule has 2 amide bonds. The number of halogens is 6. The van der Waals surface area contributed by atoms with Crippen LogP contribution in [0.5, 0.6) is 0 Å². The summed E-state index contributed by atoms with van der Waals surface area (Å²) in [5.74, 6) is -1.04. The Kier molecular flexibility index (Phi) is 5.11. The van der Waals surface area contributed by atoms with Crippen molar-refractivity contribution < 1.29 is 36.2 Å². The van der Waals surface area contributed by atoms with Crippen LogP contribution >= 0.6 is 0 Å². The molecule has 0 aromatic carbocycles. The number of amides is 2. The molecule has 1 unspecified atom stereocenters. The van der Waals surface area contributed by atoms with Gasteiger partial charge < -0.3 is 15.3 Å². The van der Waals surface area contributed by atoms with Gasteiger partial charge in [-0.1, -0.05) is 0 Å². The molecule has 10 heteroatoms. The van der Waals surface area contributed by atoms with Crippen LogP contribution in [0, 0.1) is 5.92 Å². The van der Waals surface area contributed by atoms with Crippen LogP contribution in [0.15, 0.2) is 0 Å². The molecule has 1 saturated heterocycles. The van der Waals surface area contributed by atoms with E-state index in [1.807, 2.05) is 0 Å². The summed E-state index contributed by atoms with van der Waals surface area (Å²) in [7, 11) is 0. The summed E-state index contributed by atoms with van der Waals surface area (Å²) in [5.41, 5.74) is 0. The summed E-state index contributed by atoms with van der Waals surface area (Å²) in [4.78, 5) is 12.4. The average molecular weight is 308 g/mol. The van der Waals surface area contributed by atoms with Gasteiger partial charge in [0.05, 0.1) is 0 Å². The molecule has 1 aliphatic heterocycles. The molecule has 0 saturated carbocycles. The largest absolute Gasteiger partial charge is 0.414 e. The van der Waals surface area contributed by atoms with Gasteiger partial charge in [0, 0.05) is 13.1 Å². The first-order valence-corrected chi connectivity index (χ1v) is 5.85. The molecule has 1 aliphatic rings. The molecule has 0 bridgehead atoms. The van der Waals surface area contributed by atoms with Crippen LogP contribution in [-0.4, -0.2) is 54.1 Å². The summed E-state index contributed by atoms with van der Waals surface area (Å²) in [5, 5.41) is 10.7. The number of alkyl halides is 6. The normalized spacial score (nSPS) is 19.9. The number of carbonyl (C=O) groups is 1. The minimum atomic E-state index is -4.73. The summed E-state index contributed by atoms with van der Waals surface area (Å²) < 4.78 is 72.5. The number of hydrogen-bond acceptors (Lipinski definition) is 2. The number of likely N-dealkylation sites (tertiary alicyclic amines) is 1. The standard InChI is InChI=1S/C10H14F6N2O2/c11-9(12,13)5-17-8(20)18-3-1-6(2-4-18)7(19)10(14,15)16/h6-7,19H,1-5H2,(H,17,20). The molecule has 20 heavy (non-hydrogen) atoms. The van der Waals surface area contributed by atoms with Gasteiger partial charge in [-0.25, -0.2) is 4.79 Å². The Balaban J connectivity index is 2.40. The molecule has 118 valence electrons. The Morgan fingerprint density at radius 1 is 1.20 bits per heavy atom. The second kappa shape index (κ2) is 6.06. The van der Waals surface area contributed by atoms with E-state index >= 15 is 0 Å². The van der Waals surface area contributed by atoms with Gasteiger partial charge in [-0.15, -0.1) is 0 Å². The fourth-order valence-electron chi connectivity index (χ4n) is 1.97. The predicted octanol–water partition coefficient (Wildman–Crippen LogP) is 1.89. The van der Waals surface area contributed by atoms with Crippen molar-refractivity contribution in [3.05, 3.63) is 0 Å². The van der Waals surface area contributed by atoms with E-state index in [0.29, 0.717) is 0 Å². The van der Waals surface area contributed by atoms with Crippen molar-refractivity contribution >= 4 is 6.03 Å². The zero-order chi connectivity index (χ0) is 15.6. The van der Waals surface area contributed by atoms with E-state index in [4.69, 9.17) is 5.11 Å². The fourth-order valence-corrected chi connectivity index (χ4v) is 1.97. The molecular formula is C10H14F6N2O2. The van der Waals surface area contributed by atoms with Crippen LogP contribution in [0.25, 0.3) is 0 Å². The number of piperidine rings is 1. The molecule has 1 fully saturated rings. The number of aliphatic hydroxyl groups excluding tert-OH is 1. The van der Waals surface area contributed by atoms with Crippen LogP contribution < -0.4 is 5.32 Å². The fraction of sp³-hybridized carbons (Fsp3) is 0.900. The molecule has 0 aliphatic carbocycles. The number of carbonyl (C=O) groups excluding carboxylic acids is 1. The van der Waals surface area contributed by atoms with Gasteiger partial charge in [0.2, 0.25) is 0 Å². The lowest BCUT2D eigenvalue weighted by molar-refractivity contribution is -0.222. The Morgan fingerprint density at radius 2 is 1.70 bits per heavy atom. The van der Waals surface area contributed by atoms with Gasteiger partial charge in [0.1, 0.15) is 6.54 Å². The number of aliphatic hydroxyl groups is 1. The van der Waals surface area contributed by atoms with Crippen molar-refractivity contribution in [1.82, 2.24) is 10.2 Å². The van der Waals surface area contributed by atoms with E-state index in [1.54, 1.807) is 5.32 Å². The lowest BCUT2D eigenvalue weighted by Gasteiger charge is -2.34. The molecule has 2 N–H and O–H groups in total. The molecule has 1 rings (SSSR count). The third-order valence-corrected chi connectivity index (χ3v) is 3.05. The number of nitrogens with zero attached hydrogens (tertiary/aromatic N) is 1.